The fraction of sp³-hybridized carbons (Fsp3) is 0.276. The third-order valence-corrected chi connectivity index (χ3v) is 6.56. The van der Waals surface area contributed by atoms with E-state index in [-0.39, 0.29) is 0 Å². The van der Waals surface area contributed by atoms with Crippen LogP contribution < -0.4 is 0 Å². The van der Waals surface area contributed by atoms with Crippen molar-refractivity contribution in [1.29, 1.82) is 0 Å². The van der Waals surface area contributed by atoms with Gasteiger partial charge in [-0.2, -0.15) is 0 Å². The van der Waals surface area contributed by atoms with E-state index in [1.807, 2.05) is 0 Å². The molecule has 1 aromatic heterocycles. The van der Waals surface area contributed by atoms with Crippen molar-refractivity contribution in [2.24, 2.45) is 0 Å². The van der Waals surface area contributed by atoms with Crippen molar-refractivity contribution in [2.75, 3.05) is 6.54 Å². The van der Waals surface area contributed by atoms with Gasteiger partial charge < -0.3 is 4.57 Å². The molecule has 0 amide bonds. The first-order valence-corrected chi connectivity index (χ1v) is 12.7. The minimum Gasteiger partial charge on any atom is -0.326 e. The van der Waals surface area contributed by atoms with Gasteiger partial charge in [-0.1, -0.05) is 109 Å². The molecule has 4 aromatic rings. The van der Waals surface area contributed by atoms with E-state index in [2.05, 4.69) is 124 Å². The largest absolute Gasteiger partial charge is 0.326 e. The van der Waals surface area contributed by atoms with Gasteiger partial charge in [-0.15, -0.1) is 0 Å². The lowest BCUT2D eigenvalue weighted by molar-refractivity contribution is 0.264. The van der Waals surface area contributed by atoms with Gasteiger partial charge in [0.15, 0.2) is 0 Å². The van der Waals surface area contributed by atoms with Crippen LogP contribution in [0.3, 0.4) is 0 Å². The molecule has 0 saturated heterocycles. The van der Waals surface area contributed by atoms with Gasteiger partial charge in [-0.25, -0.2) is 4.98 Å². The van der Waals surface area contributed by atoms with Crippen molar-refractivity contribution < 1.29 is 0 Å². The Morgan fingerprint density at radius 3 is 2.03 bits per heavy atom. The van der Waals surface area contributed by atoms with Gasteiger partial charge in [0.05, 0.1) is 11.4 Å². The monoisotopic (exact) mass is 501 g/mol. The van der Waals surface area contributed by atoms with E-state index in [0.29, 0.717) is 0 Å². The van der Waals surface area contributed by atoms with Gasteiger partial charge in [0.1, 0.15) is 5.82 Å². The average molecular weight is 503 g/mol. The summed E-state index contributed by atoms with van der Waals surface area (Å²) in [6, 6.07) is 29.9. The number of rotatable bonds is 10. The summed E-state index contributed by atoms with van der Waals surface area (Å²) in [6.07, 6.45) is 2.29. The molecule has 4 rings (SSSR count). The number of imidazole rings is 1. The van der Waals surface area contributed by atoms with Gasteiger partial charge in [0.25, 0.3) is 0 Å². The summed E-state index contributed by atoms with van der Waals surface area (Å²) in [6.45, 7) is 8.22. The van der Waals surface area contributed by atoms with Crippen LogP contribution >= 0.6 is 15.9 Å². The summed E-state index contributed by atoms with van der Waals surface area (Å²) >= 11 is 3.55. The van der Waals surface area contributed by atoms with Crippen molar-refractivity contribution in [3.63, 3.8) is 0 Å². The standard InChI is InChI=1S/C29H32BrN3/c1-3-5-20-33-27(22-32(4-2)21-23-16-18-26(30)19-17-23)28(24-12-8-6-9-13-24)31-29(33)25-14-10-7-11-15-25/h6-19H,3-5,20-22H2,1-2H3. The first-order chi connectivity index (χ1) is 16.2. The third-order valence-electron chi connectivity index (χ3n) is 6.03. The molecular formula is C29H32BrN3. The fourth-order valence-corrected chi connectivity index (χ4v) is 4.44. The Balaban J connectivity index is 1.77. The molecule has 3 nitrogen and oxygen atoms in total. The van der Waals surface area contributed by atoms with Crippen LogP contribution in [0.15, 0.2) is 89.4 Å². The Kier molecular flexibility index (Phi) is 8.14. The predicted molar refractivity (Wildman–Crippen MR) is 142 cm³/mol. The first kappa shape index (κ1) is 23.5. The number of hydrogen-bond donors (Lipinski definition) is 0. The topological polar surface area (TPSA) is 21.1 Å². The van der Waals surface area contributed by atoms with Gasteiger partial charge in [-0.3, -0.25) is 4.90 Å². The molecule has 1 heterocycles. The number of unbranched alkanes of at least 4 members (excludes halogenated alkanes) is 1. The highest BCUT2D eigenvalue weighted by atomic mass is 79.9. The number of benzene rings is 3. The zero-order chi connectivity index (χ0) is 23.0. The molecule has 0 spiro atoms. The molecule has 3 aromatic carbocycles. The van der Waals surface area contributed by atoms with Gasteiger partial charge in [-0.05, 0) is 30.7 Å². The summed E-state index contributed by atoms with van der Waals surface area (Å²) in [4.78, 5) is 7.74. The predicted octanol–water partition coefficient (Wildman–Crippen LogP) is 7.80. The number of halogens is 1. The van der Waals surface area contributed by atoms with E-state index in [4.69, 9.17) is 4.98 Å². The Morgan fingerprint density at radius 1 is 0.788 bits per heavy atom. The number of aromatic nitrogens is 2. The van der Waals surface area contributed by atoms with Crippen LogP contribution in [-0.4, -0.2) is 21.0 Å². The van der Waals surface area contributed by atoms with Gasteiger partial charge >= 0.3 is 0 Å². The molecule has 0 aliphatic heterocycles. The Morgan fingerprint density at radius 2 is 1.42 bits per heavy atom. The summed E-state index contributed by atoms with van der Waals surface area (Å²) in [5.41, 5.74) is 6.07. The molecule has 4 heteroatoms. The quantitative estimate of drug-likeness (QED) is 0.221. The minimum absolute atomic E-state index is 0.861. The maximum atomic E-state index is 5.24. The van der Waals surface area contributed by atoms with E-state index in [0.717, 1.165) is 55.0 Å². The lowest BCUT2D eigenvalue weighted by atomic mass is 10.1. The highest BCUT2D eigenvalue weighted by Gasteiger charge is 2.21. The smallest absolute Gasteiger partial charge is 0.140 e. The number of nitrogens with zero attached hydrogens (tertiary/aromatic N) is 3. The lowest BCUT2D eigenvalue weighted by Gasteiger charge is -2.23. The highest BCUT2D eigenvalue weighted by molar-refractivity contribution is 9.10. The SMILES string of the molecule is CCCCn1c(-c2ccccc2)nc(-c2ccccc2)c1CN(CC)Cc1ccc(Br)cc1. The molecule has 0 aliphatic rings. The summed E-state index contributed by atoms with van der Waals surface area (Å²) < 4.78 is 3.58. The van der Waals surface area contributed by atoms with Crippen LogP contribution in [0.4, 0.5) is 0 Å². The minimum atomic E-state index is 0.861. The summed E-state index contributed by atoms with van der Waals surface area (Å²) in [7, 11) is 0. The van der Waals surface area contributed by atoms with Crippen molar-refractivity contribution >= 4 is 15.9 Å². The van der Waals surface area contributed by atoms with Crippen LogP contribution in [0.1, 0.15) is 37.9 Å². The molecule has 0 saturated carbocycles. The number of hydrogen-bond acceptors (Lipinski definition) is 2. The molecule has 0 atom stereocenters. The van der Waals surface area contributed by atoms with Gasteiger partial charge in [0.2, 0.25) is 0 Å². The van der Waals surface area contributed by atoms with E-state index < -0.39 is 0 Å². The fourth-order valence-electron chi connectivity index (χ4n) is 4.18. The van der Waals surface area contributed by atoms with Crippen molar-refractivity contribution in [3.05, 3.63) is 101 Å². The maximum absolute atomic E-state index is 5.24. The summed E-state index contributed by atoms with van der Waals surface area (Å²) in [5, 5.41) is 0. The van der Waals surface area contributed by atoms with E-state index in [1.54, 1.807) is 0 Å². The second kappa shape index (κ2) is 11.4. The first-order valence-electron chi connectivity index (χ1n) is 11.9. The molecule has 0 fully saturated rings. The van der Waals surface area contributed by atoms with Crippen molar-refractivity contribution in [3.8, 4) is 22.6 Å². The van der Waals surface area contributed by atoms with Gasteiger partial charge in [0, 0.05) is 35.2 Å². The van der Waals surface area contributed by atoms with Crippen LogP contribution in [0.25, 0.3) is 22.6 Å². The average Bonchev–Trinajstić information content (AvgIpc) is 3.22. The molecule has 0 unspecified atom stereocenters. The Bertz CT molecular complexity index is 1130. The molecular weight excluding hydrogens is 470 g/mol. The highest BCUT2D eigenvalue weighted by Crippen LogP contribution is 2.31. The zero-order valence-electron chi connectivity index (χ0n) is 19.5. The van der Waals surface area contributed by atoms with Crippen molar-refractivity contribution in [2.45, 2.75) is 46.3 Å². The molecule has 0 N–H and O–H groups in total. The molecule has 0 aliphatic carbocycles. The normalized spacial score (nSPS) is 11.3. The molecule has 0 radical (unpaired) electrons. The summed E-state index contributed by atoms with van der Waals surface area (Å²) in [5.74, 6) is 1.07. The second-order valence-electron chi connectivity index (χ2n) is 8.40. The third kappa shape index (κ3) is 5.82. The lowest BCUT2D eigenvalue weighted by Crippen LogP contribution is -2.24. The molecule has 0 bridgehead atoms. The van der Waals surface area contributed by atoms with Crippen LogP contribution in [0.5, 0.6) is 0 Å². The van der Waals surface area contributed by atoms with E-state index in [9.17, 15) is 0 Å². The van der Waals surface area contributed by atoms with Crippen LogP contribution in [0, 0.1) is 0 Å². The van der Waals surface area contributed by atoms with Crippen LogP contribution in [0.2, 0.25) is 0 Å². The van der Waals surface area contributed by atoms with E-state index >= 15 is 0 Å². The van der Waals surface area contributed by atoms with Crippen LogP contribution in [-0.2, 0) is 19.6 Å². The zero-order valence-corrected chi connectivity index (χ0v) is 21.1. The molecule has 170 valence electrons. The maximum Gasteiger partial charge on any atom is 0.140 e. The van der Waals surface area contributed by atoms with Crippen molar-refractivity contribution in [1.82, 2.24) is 14.5 Å². The molecule has 33 heavy (non-hydrogen) atoms. The Hall–Kier alpha value is -2.69. The second-order valence-corrected chi connectivity index (χ2v) is 9.31. The van der Waals surface area contributed by atoms with E-state index in [1.165, 1.54) is 22.4 Å². The Labute approximate surface area is 206 Å².